The van der Waals surface area contributed by atoms with E-state index in [0.29, 0.717) is 51.1 Å². The number of rotatable bonds is 5. The Labute approximate surface area is 222 Å². The van der Waals surface area contributed by atoms with Crippen LogP contribution in [-0.2, 0) is 6.42 Å². The van der Waals surface area contributed by atoms with Gasteiger partial charge in [0.2, 0.25) is 0 Å². The van der Waals surface area contributed by atoms with Crippen molar-refractivity contribution in [2.24, 2.45) is 5.41 Å². The van der Waals surface area contributed by atoms with Gasteiger partial charge in [0.15, 0.2) is 5.78 Å². The van der Waals surface area contributed by atoms with Crippen LogP contribution in [0.5, 0.6) is 5.75 Å². The van der Waals surface area contributed by atoms with Gasteiger partial charge >= 0.3 is 5.97 Å². The number of carbonyl (C=O) groups is 2. The Bertz CT molecular complexity index is 1620. The van der Waals surface area contributed by atoms with Crippen LogP contribution in [0.15, 0.2) is 58.7 Å². The Morgan fingerprint density at radius 1 is 1.08 bits per heavy atom. The standard InChI is InChI=1S/C28H23ClN2O5S/c1-28(2)12-22-18(23(32)13-28)11-19(25-30-20(14-37-25)15-4-7-17(29)8-5-15)26(33)31(22)21-9-6-16(27(34)35)10-24(21)36-3/h4-11,14H,12-13H2,1-3H3,(H,34,35). The lowest BCUT2D eigenvalue weighted by Crippen LogP contribution is -2.35. The highest BCUT2D eigenvalue weighted by Gasteiger charge is 2.35. The first-order valence-corrected chi connectivity index (χ1v) is 12.8. The highest BCUT2D eigenvalue weighted by Crippen LogP contribution is 2.38. The average Bonchev–Trinajstić information content (AvgIpc) is 3.33. The van der Waals surface area contributed by atoms with E-state index < -0.39 is 5.97 Å². The fourth-order valence-electron chi connectivity index (χ4n) is 4.67. The van der Waals surface area contributed by atoms with Crippen LogP contribution in [0.1, 0.15) is 46.7 Å². The van der Waals surface area contributed by atoms with Crippen molar-refractivity contribution in [1.29, 1.82) is 0 Å². The Kier molecular flexibility index (Phi) is 6.25. The summed E-state index contributed by atoms with van der Waals surface area (Å²) in [5.41, 5.74) is 2.57. The van der Waals surface area contributed by atoms with Crippen molar-refractivity contribution in [2.45, 2.75) is 26.7 Å². The van der Waals surface area contributed by atoms with Gasteiger partial charge < -0.3 is 9.84 Å². The molecule has 37 heavy (non-hydrogen) atoms. The van der Waals surface area contributed by atoms with Gasteiger partial charge in [0, 0.05) is 33.6 Å². The molecule has 7 nitrogen and oxygen atoms in total. The molecule has 1 aliphatic rings. The largest absolute Gasteiger partial charge is 0.495 e. The second kappa shape index (κ2) is 9.28. The molecule has 5 rings (SSSR count). The lowest BCUT2D eigenvalue weighted by molar-refractivity contribution is 0.0696. The number of Topliss-reactive ketones (excluding diaryl/α,β-unsaturated/α-hetero) is 1. The predicted molar refractivity (Wildman–Crippen MR) is 144 cm³/mol. The zero-order valence-corrected chi connectivity index (χ0v) is 21.9. The fourth-order valence-corrected chi connectivity index (χ4v) is 5.63. The number of pyridine rings is 1. The van der Waals surface area contributed by atoms with Crippen molar-refractivity contribution in [2.75, 3.05) is 7.11 Å². The summed E-state index contributed by atoms with van der Waals surface area (Å²) in [6, 6.07) is 13.2. The lowest BCUT2D eigenvalue weighted by atomic mass is 9.75. The molecule has 0 unspecified atom stereocenters. The smallest absolute Gasteiger partial charge is 0.335 e. The van der Waals surface area contributed by atoms with Crippen LogP contribution in [0, 0.1) is 5.41 Å². The Morgan fingerprint density at radius 2 is 1.81 bits per heavy atom. The van der Waals surface area contributed by atoms with E-state index in [2.05, 4.69) is 0 Å². The van der Waals surface area contributed by atoms with Crippen molar-refractivity contribution >= 4 is 34.7 Å². The number of nitrogens with zero attached hydrogens (tertiary/aromatic N) is 2. The zero-order chi connectivity index (χ0) is 26.5. The van der Waals surface area contributed by atoms with E-state index in [1.165, 1.54) is 35.1 Å². The molecular formula is C28H23ClN2O5S. The second-order valence-corrected chi connectivity index (χ2v) is 11.0. The van der Waals surface area contributed by atoms with Crippen LogP contribution in [0.4, 0.5) is 0 Å². The van der Waals surface area contributed by atoms with Crippen LogP contribution in [-0.4, -0.2) is 33.5 Å². The molecule has 4 aromatic rings. The predicted octanol–water partition coefficient (Wildman–Crippen LogP) is 6.14. The number of halogens is 1. The Morgan fingerprint density at radius 3 is 2.49 bits per heavy atom. The number of thiazole rings is 1. The number of ether oxygens (including phenoxy) is 1. The minimum atomic E-state index is -1.11. The Balaban J connectivity index is 1.75. The maximum atomic E-state index is 14.1. The summed E-state index contributed by atoms with van der Waals surface area (Å²) in [5.74, 6) is -0.947. The first-order chi connectivity index (χ1) is 17.6. The molecule has 0 amide bonds. The van der Waals surface area contributed by atoms with E-state index in [1.54, 1.807) is 24.3 Å². The first-order valence-electron chi connectivity index (χ1n) is 11.5. The van der Waals surface area contributed by atoms with Gasteiger partial charge in [-0.25, -0.2) is 9.78 Å². The molecule has 2 aromatic carbocycles. The van der Waals surface area contributed by atoms with Gasteiger partial charge in [0.25, 0.3) is 5.56 Å². The van der Waals surface area contributed by atoms with Crippen LogP contribution in [0.25, 0.3) is 27.5 Å². The summed E-state index contributed by atoms with van der Waals surface area (Å²) in [5, 5.41) is 12.4. The van der Waals surface area contributed by atoms with Crippen LogP contribution < -0.4 is 10.3 Å². The van der Waals surface area contributed by atoms with Gasteiger partial charge in [-0.3, -0.25) is 14.2 Å². The summed E-state index contributed by atoms with van der Waals surface area (Å²) in [6.07, 6.45) is 0.835. The summed E-state index contributed by atoms with van der Waals surface area (Å²) in [6.45, 7) is 3.97. The molecule has 0 fully saturated rings. The van der Waals surface area contributed by atoms with E-state index in [0.717, 1.165) is 5.56 Å². The highest BCUT2D eigenvalue weighted by atomic mass is 35.5. The SMILES string of the molecule is COc1cc(C(=O)O)ccc1-n1c2c(cc(-c3nc(-c4ccc(Cl)cc4)cs3)c1=O)C(=O)CC(C)(C)C2. The van der Waals surface area contributed by atoms with Crippen LogP contribution >= 0.6 is 22.9 Å². The van der Waals surface area contributed by atoms with Crippen LogP contribution in [0.3, 0.4) is 0 Å². The van der Waals surface area contributed by atoms with Crippen molar-refractivity contribution in [1.82, 2.24) is 9.55 Å². The third-order valence-corrected chi connectivity index (χ3v) is 7.56. The number of aromatic nitrogens is 2. The molecule has 0 spiro atoms. The van der Waals surface area contributed by atoms with E-state index in [9.17, 15) is 19.5 Å². The van der Waals surface area contributed by atoms with Crippen molar-refractivity contribution in [3.63, 3.8) is 0 Å². The molecule has 2 aromatic heterocycles. The number of carboxylic acid groups (broad SMARTS) is 1. The number of fused-ring (bicyclic) bond motifs is 1. The summed E-state index contributed by atoms with van der Waals surface area (Å²) < 4.78 is 6.98. The summed E-state index contributed by atoms with van der Waals surface area (Å²) >= 11 is 7.32. The van der Waals surface area contributed by atoms with Gasteiger partial charge in [0.05, 0.1) is 29.6 Å². The van der Waals surface area contributed by atoms with Gasteiger partial charge in [-0.2, -0.15) is 0 Å². The number of hydrogen-bond acceptors (Lipinski definition) is 6. The molecule has 0 saturated heterocycles. The molecule has 0 aliphatic heterocycles. The number of benzene rings is 2. The second-order valence-electron chi connectivity index (χ2n) is 9.74. The molecule has 188 valence electrons. The molecule has 9 heteroatoms. The third-order valence-electron chi connectivity index (χ3n) is 6.43. The zero-order valence-electron chi connectivity index (χ0n) is 20.4. The molecule has 1 N–H and O–H groups in total. The third kappa shape index (κ3) is 4.58. The van der Waals surface area contributed by atoms with E-state index in [-0.39, 0.29) is 28.1 Å². The monoisotopic (exact) mass is 534 g/mol. The van der Waals surface area contributed by atoms with Gasteiger partial charge in [-0.15, -0.1) is 11.3 Å². The minimum absolute atomic E-state index is 0.0302. The Hall–Kier alpha value is -3.75. The van der Waals surface area contributed by atoms with Crippen molar-refractivity contribution in [3.05, 3.63) is 86.1 Å². The molecule has 0 atom stereocenters. The van der Waals surface area contributed by atoms with Gasteiger partial charge in [0.1, 0.15) is 10.8 Å². The topological polar surface area (TPSA) is 98.5 Å². The van der Waals surface area contributed by atoms with Gasteiger partial charge in [-0.1, -0.05) is 37.6 Å². The van der Waals surface area contributed by atoms with E-state index in [1.807, 2.05) is 31.4 Å². The number of carboxylic acids is 1. The number of hydrogen-bond donors (Lipinski definition) is 1. The number of methoxy groups -OCH3 is 1. The number of carbonyl (C=O) groups excluding carboxylic acids is 1. The van der Waals surface area contributed by atoms with Crippen molar-refractivity contribution < 1.29 is 19.4 Å². The fraction of sp³-hybridized carbons (Fsp3) is 0.214. The highest BCUT2D eigenvalue weighted by molar-refractivity contribution is 7.13. The number of ketones is 1. The molecule has 1 aliphatic carbocycles. The van der Waals surface area contributed by atoms with Crippen molar-refractivity contribution in [3.8, 4) is 33.3 Å². The van der Waals surface area contributed by atoms with Gasteiger partial charge in [-0.05, 0) is 48.2 Å². The quantitative estimate of drug-likeness (QED) is 0.330. The maximum Gasteiger partial charge on any atom is 0.335 e. The minimum Gasteiger partial charge on any atom is -0.495 e. The molecule has 0 bridgehead atoms. The van der Waals surface area contributed by atoms with Crippen LogP contribution in [0.2, 0.25) is 5.02 Å². The molecule has 2 heterocycles. The van der Waals surface area contributed by atoms with E-state index in [4.69, 9.17) is 21.3 Å². The first kappa shape index (κ1) is 24.9. The molecule has 0 radical (unpaired) electrons. The molecule has 0 saturated carbocycles. The number of aromatic carboxylic acids is 1. The van der Waals surface area contributed by atoms with E-state index >= 15 is 0 Å². The molecular weight excluding hydrogens is 512 g/mol. The summed E-state index contributed by atoms with van der Waals surface area (Å²) in [7, 11) is 1.42. The average molecular weight is 535 g/mol. The lowest BCUT2D eigenvalue weighted by Gasteiger charge is -2.32. The summed E-state index contributed by atoms with van der Waals surface area (Å²) in [4.78, 5) is 43.6. The normalized spacial score (nSPS) is 14.3. The maximum absolute atomic E-state index is 14.1.